The number of carbonyl (C=O) groups excluding carboxylic acids is 1. The van der Waals surface area contributed by atoms with Crippen molar-refractivity contribution in [2.24, 2.45) is 5.41 Å². The largest absolute Gasteiger partial charge is 0.396 e. The average molecular weight is 320 g/mol. The summed E-state index contributed by atoms with van der Waals surface area (Å²) in [5, 5.41) is 17.9. The molecule has 0 aromatic carbocycles. The molecule has 0 unspecified atom stereocenters. The number of aryl methyl sites for hydroxylation is 1. The van der Waals surface area contributed by atoms with Gasteiger partial charge in [0.15, 0.2) is 0 Å². The maximum atomic E-state index is 12.9. The molecule has 0 spiro atoms. The number of amides is 1. The lowest BCUT2D eigenvalue weighted by molar-refractivity contribution is -0.0138. The van der Waals surface area contributed by atoms with Crippen molar-refractivity contribution in [3.8, 4) is 0 Å². The molecule has 2 N–H and O–H groups in total. The number of rotatable bonds is 4. The van der Waals surface area contributed by atoms with Gasteiger partial charge in [-0.05, 0) is 39.2 Å². The van der Waals surface area contributed by atoms with Gasteiger partial charge in [-0.1, -0.05) is 6.92 Å². The number of nitrogens with one attached hydrogen (secondary N) is 1. The lowest BCUT2D eigenvalue weighted by Crippen LogP contribution is -2.62. The average Bonchev–Trinajstić information content (AvgIpc) is 2.95. The molecular formula is C17H28N4O2. The van der Waals surface area contributed by atoms with Crippen LogP contribution in [-0.4, -0.2) is 58.0 Å². The third-order valence-electron chi connectivity index (χ3n) is 5.55. The minimum Gasteiger partial charge on any atom is -0.396 e. The number of fused-ring (bicyclic) bond motifs is 1. The smallest absolute Gasteiger partial charge is 0.257 e. The Bertz CT molecular complexity index is 571. The van der Waals surface area contributed by atoms with Crippen molar-refractivity contribution in [3.05, 3.63) is 17.5 Å². The molecule has 1 aromatic rings. The number of nitrogens with zero attached hydrogens (tertiary/aromatic N) is 3. The number of aliphatic hydroxyl groups is 1. The summed E-state index contributed by atoms with van der Waals surface area (Å²) < 4.78 is 1.91. The highest BCUT2D eigenvalue weighted by Crippen LogP contribution is 2.37. The number of likely N-dealkylation sites (tertiary alicyclic amines) is 1. The van der Waals surface area contributed by atoms with Crippen molar-refractivity contribution in [1.82, 2.24) is 20.0 Å². The second-order valence-electron chi connectivity index (χ2n) is 7.01. The zero-order valence-corrected chi connectivity index (χ0v) is 14.2. The molecule has 2 aliphatic rings. The summed E-state index contributed by atoms with van der Waals surface area (Å²) in [6, 6.07) is 0.328. The molecule has 3 heterocycles. The molecule has 6 nitrogen and oxygen atoms in total. The molecule has 0 bridgehead atoms. The van der Waals surface area contributed by atoms with Crippen LogP contribution in [0.1, 0.15) is 48.7 Å². The van der Waals surface area contributed by atoms with Gasteiger partial charge in [0.1, 0.15) is 0 Å². The second kappa shape index (κ2) is 6.61. The van der Waals surface area contributed by atoms with Crippen LogP contribution >= 0.6 is 0 Å². The SMILES string of the molecule is CCCn1ncc(C(=O)N2CC[C@@H]3NCCC[C@@]3(CO)C2)c1C. The second-order valence-corrected chi connectivity index (χ2v) is 7.01. The molecule has 2 saturated heterocycles. The van der Waals surface area contributed by atoms with Gasteiger partial charge in [-0.2, -0.15) is 5.10 Å². The molecule has 1 aromatic heterocycles. The predicted octanol–water partition coefficient (Wildman–Crippen LogP) is 1.18. The number of piperidine rings is 2. The monoisotopic (exact) mass is 320 g/mol. The fourth-order valence-electron chi connectivity index (χ4n) is 4.13. The standard InChI is InChI=1S/C17H28N4O2/c1-3-8-21-13(2)14(10-19-21)16(23)20-9-5-15-17(11-20,12-22)6-4-7-18-15/h10,15,18,22H,3-9,11-12H2,1-2H3/t15-,17-/m0/s1. The molecular weight excluding hydrogens is 292 g/mol. The Labute approximate surface area is 137 Å². The summed E-state index contributed by atoms with van der Waals surface area (Å²) in [6.45, 7) is 7.45. The van der Waals surface area contributed by atoms with Gasteiger partial charge in [-0.3, -0.25) is 9.48 Å². The van der Waals surface area contributed by atoms with Crippen LogP contribution in [0, 0.1) is 12.3 Å². The summed E-state index contributed by atoms with van der Waals surface area (Å²) in [7, 11) is 0. The zero-order chi connectivity index (χ0) is 16.4. The van der Waals surface area contributed by atoms with Crippen molar-refractivity contribution in [1.29, 1.82) is 0 Å². The topological polar surface area (TPSA) is 70.4 Å². The number of hydrogen-bond acceptors (Lipinski definition) is 4. The minimum absolute atomic E-state index is 0.0571. The van der Waals surface area contributed by atoms with Crippen molar-refractivity contribution in [3.63, 3.8) is 0 Å². The van der Waals surface area contributed by atoms with Crippen LogP contribution in [-0.2, 0) is 6.54 Å². The fraction of sp³-hybridized carbons (Fsp3) is 0.765. The molecule has 0 aliphatic carbocycles. The van der Waals surface area contributed by atoms with Crippen LogP contribution in [0.15, 0.2) is 6.20 Å². The van der Waals surface area contributed by atoms with Crippen LogP contribution in [0.25, 0.3) is 0 Å². The highest BCUT2D eigenvalue weighted by Gasteiger charge is 2.45. The van der Waals surface area contributed by atoms with Gasteiger partial charge in [0, 0.05) is 36.8 Å². The Morgan fingerprint density at radius 1 is 1.57 bits per heavy atom. The first-order valence-electron chi connectivity index (χ1n) is 8.77. The predicted molar refractivity (Wildman–Crippen MR) is 88.3 cm³/mol. The van der Waals surface area contributed by atoms with E-state index in [9.17, 15) is 9.90 Å². The summed E-state index contributed by atoms with van der Waals surface area (Å²) in [5.41, 5.74) is 1.46. The Morgan fingerprint density at radius 3 is 3.13 bits per heavy atom. The molecule has 2 fully saturated rings. The summed E-state index contributed by atoms with van der Waals surface area (Å²) >= 11 is 0. The van der Waals surface area contributed by atoms with E-state index in [1.807, 2.05) is 16.5 Å². The number of hydrogen-bond donors (Lipinski definition) is 2. The Kier molecular flexibility index (Phi) is 4.73. The maximum absolute atomic E-state index is 12.9. The quantitative estimate of drug-likeness (QED) is 0.874. The minimum atomic E-state index is -0.181. The van der Waals surface area contributed by atoms with E-state index in [4.69, 9.17) is 0 Å². The van der Waals surface area contributed by atoms with Gasteiger partial charge < -0.3 is 15.3 Å². The first kappa shape index (κ1) is 16.5. The molecule has 0 saturated carbocycles. The van der Waals surface area contributed by atoms with Gasteiger partial charge >= 0.3 is 0 Å². The number of aliphatic hydroxyl groups excluding tert-OH is 1. The van der Waals surface area contributed by atoms with Crippen molar-refractivity contribution < 1.29 is 9.90 Å². The van der Waals surface area contributed by atoms with Crippen molar-refractivity contribution in [2.75, 3.05) is 26.2 Å². The van der Waals surface area contributed by atoms with E-state index in [-0.39, 0.29) is 17.9 Å². The highest BCUT2D eigenvalue weighted by molar-refractivity contribution is 5.95. The van der Waals surface area contributed by atoms with Crippen molar-refractivity contribution >= 4 is 5.91 Å². The molecule has 3 rings (SSSR count). The lowest BCUT2D eigenvalue weighted by atomic mass is 9.70. The fourth-order valence-corrected chi connectivity index (χ4v) is 4.13. The van der Waals surface area contributed by atoms with E-state index in [2.05, 4.69) is 17.3 Å². The lowest BCUT2D eigenvalue weighted by Gasteiger charge is -2.50. The van der Waals surface area contributed by atoms with E-state index in [1.54, 1.807) is 6.20 Å². The van der Waals surface area contributed by atoms with E-state index in [1.165, 1.54) is 0 Å². The number of aromatic nitrogens is 2. The molecule has 23 heavy (non-hydrogen) atoms. The highest BCUT2D eigenvalue weighted by atomic mass is 16.3. The Morgan fingerprint density at radius 2 is 2.39 bits per heavy atom. The molecule has 6 heteroatoms. The van der Waals surface area contributed by atoms with Crippen LogP contribution in [0.2, 0.25) is 0 Å². The number of carbonyl (C=O) groups is 1. The summed E-state index contributed by atoms with van der Waals surface area (Å²) in [5.74, 6) is 0.0571. The molecule has 1 amide bonds. The molecule has 2 atom stereocenters. The molecule has 0 radical (unpaired) electrons. The van der Waals surface area contributed by atoms with Gasteiger partial charge in [0.25, 0.3) is 5.91 Å². The van der Waals surface area contributed by atoms with E-state index in [0.29, 0.717) is 18.2 Å². The van der Waals surface area contributed by atoms with Gasteiger partial charge in [0.05, 0.1) is 18.4 Å². The van der Waals surface area contributed by atoms with Crippen LogP contribution in [0.4, 0.5) is 0 Å². The van der Waals surface area contributed by atoms with E-state index < -0.39 is 0 Å². The third-order valence-corrected chi connectivity index (χ3v) is 5.55. The maximum Gasteiger partial charge on any atom is 0.257 e. The third kappa shape index (κ3) is 2.90. The van der Waals surface area contributed by atoms with Gasteiger partial charge in [0.2, 0.25) is 0 Å². The van der Waals surface area contributed by atoms with Crippen LogP contribution < -0.4 is 5.32 Å². The Hall–Kier alpha value is -1.40. The Balaban J connectivity index is 1.78. The summed E-state index contributed by atoms with van der Waals surface area (Å²) in [4.78, 5) is 14.9. The van der Waals surface area contributed by atoms with E-state index in [0.717, 1.165) is 51.0 Å². The van der Waals surface area contributed by atoms with Crippen LogP contribution in [0.3, 0.4) is 0 Å². The van der Waals surface area contributed by atoms with Crippen molar-refractivity contribution in [2.45, 2.75) is 52.1 Å². The van der Waals surface area contributed by atoms with Gasteiger partial charge in [-0.25, -0.2) is 0 Å². The van der Waals surface area contributed by atoms with E-state index >= 15 is 0 Å². The summed E-state index contributed by atoms with van der Waals surface area (Å²) in [6.07, 6.45) is 5.66. The van der Waals surface area contributed by atoms with Gasteiger partial charge in [-0.15, -0.1) is 0 Å². The molecule has 128 valence electrons. The first-order chi connectivity index (χ1) is 11.1. The zero-order valence-electron chi connectivity index (χ0n) is 14.2. The first-order valence-corrected chi connectivity index (χ1v) is 8.77. The normalized spacial score (nSPS) is 27.8. The molecule has 2 aliphatic heterocycles. The van der Waals surface area contributed by atoms with Crippen LogP contribution in [0.5, 0.6) is 0 Å².